The van der Waals surface area contributed by atoms with Gasteiger partial charge in [-0.25, -0.2) is 0 Å². The van der Waals surface area contributed by atoms with Gasteiger partial charge in [0.2, 0.25) is 0 Å². The number of nitrogens with zero attached hydrogens (tertiary/aromatic N) is 2. The third-order valence-corrected chi connectivity index (χ3v) is 5.39. The molecular formula is C13H27N3O4S. The van der Waals surface area contributed by atoms with E-state index < -0.39 is 10.2 Å². The summed E-state index contributed by atoms with van der Waals surface area (Å²) in [6, 6.07) is -0.124. The Morgan fingerprint density at radius 1 is 1.19 bits per heavy atom. The van der Waals surface area contributed by atoms with Crippen molar-refractivity contribution in [1.29, 1.82) is 0 Å². The molecule has 0 aliphatic carbocycles. The van der Waals surface area contributed by atoms with Crippen LogP contribution in [0.1, 0.15) is 20.8 Å². The minimum Gasteiger partial charge on any atom is -0.379 e. The highest BCUT2D eigenvalue weighted by molar-refractivity contribution is 7.87. The smallest absolute Gasteiger partial charge is 0.279 e. The normalized spacial score (nSPS) is 31.2. The molecule has 0 bridgehead atoms. The Labute approximate surface area is 127 Å². The van der Waals surface area contributed by atoms with Crippen LogP contribution in [0.5, 0.6) is 0 Å². The first-order valence-electron chi connectivity index (χ1n) is 7.60. The van der Waals surface area contributed by atoms with Crippen LogP contribution in [0.15, 0.2) is 0 Å². The molecular weight excluding hydrogens is 294 g/mol. The molecule has 7 nitrogen and oxygen atoms in total. The van der Waals surface area contributed by atoms with E-state index in [4.69, 9.17) is 9.47 Å². The van der Waals surface area contributed by atoms with Gasteiger partial charge in [-0.3, -0.25) is 4.90 Å². The van der Waals surface area contributed by atoms with Gasteiger partial charge in [-0.05, 0) is 20.8 Å². The maximum atomic E-state index is 12.4. The van der Waals surface area contributed by atoms with E-state index in [1.165, 1.54) is 4.31 Å². The molecule has 2 rings (SSSR count). The molecule has 2 heterocycles. The fourth-order valence-electron chi connectivity index (χ4n) is 2.86. The van der Waals surface area contributed by atoms with Crippen LogP contribution < -0.4 is 4.72 Å². The van der Waals surface area contributed by atoms with Gasteiger partial charge >= 0.3 is 0 Å². The monoisotopic (exact) mass is 321 g/mol. The molecule has 0 saturated carbocycles. The van der Waals surface area contributed by atoms with Crippen LogP contribution in [0.25, 0.3) is 0 Å². The van der Waals surface area contributed by atoms with Crippen molar-refractivity contribution >= 4 is 10.2 Å². The number of rotatable bonds is 5. The van der Waals surface area contributed by atoms with Crippen molar-refractivity contribution in [3.63, 3.8) is 0 Å². The average Bonchev–Trinajstić information content (AvgIpc) is 2.37. The molecule has 0 radical (unpaired) electrons. The maximum absolute atomic E-state index is 12.4. The van der Waals surface area contributed by atoms with Crippen molar-refractivity contribution in [3.05, 3.63) is 0 Å². The standard InChI is InChI=1S/C13H27N3O4S/c1-11(8-15-4-6-19-7-5-15)14-21(17,18)16-9-12(2)20-13(3)10-16/h11-14H,4-10H2,1-3H3/t11-,12-,13+/m1/s1. The Kier molecular flexibility index (Phi) is 5.98. The van der Waals surface area contributed by atoms with Crippen LogP contribution in [0.4, 0.5) is 0 Å². The van der Waals surface area contributed by atoms with Crippen molar-refractivity contribution in [2.45, 2.75) is 39.0 Å². The predicted octanol–water partition coefficient (Wildman–Crippen LogP) is -0.349. The zero-order valence-corrected chi connectivity index (χ0v) is 13.9. The molecule has 0 aromatic heterocycles. The SMILES string of the molecule is C[C@H](CN1CCOCC1)NS(=O)(=O)N1C[C@@H](C)O[C@@H](C)C1. The zero-order valence-electron chi connectivity index (χ0n) is 13.1. The molecule has 124 valence electrons. The highest BCUT2D eigenvalue weighted by Crippen LogP contribution is 2.14. The van der Waals surface area contributed by atoms with Crippen LogP contribution in [-0.2, 0) is 19.7 Å². The first kappa shape index (κ1) is 17.1. The first-order valence-corrected chi connectivity index (χ1v) is 9.04. The van der Waals surface area contributed by atoms with E-state index in [2.05, 4.69) is 9.62 Å². The predicted molar refractivity (Wildman–Crippen MR) is 80.4 cm³/mol. The van der Waals surface area contributed by atoms with Gasteiger partial charge in [0.1, 0.15) is 0 Å². The zero-order chi connectivity index (χ0) is 15.5. The molecule has 0 spiro atoms. The Balaban J connectivity index is 1.87. The fourth-order valence-corrected chi connectivity index (χ4v) is 4.41. The minimum absolute atomic E-state index is 0.0696. The fraction of sp³-hybridized carbons (Fsp3) is 1.00. The number of hydrogen-bond acceptors (Lipinski definition) is 5. The number of ether oxygens (including phenoxy) is 2. The van der Waals surface area contributed by atoms with Crippen LogP contribution >= 0.6 is 0 Å². The molecule has 0 amide bonds. The summed E-state index contributed by atoms with van der Waals surface area (Å²) in [5.41, 5.74) is 0. The van der Waals surface area contributed by atoms with Gasteiger partial charge in [-0.1, -0.05) is 0 Å². The third-order valence-electron chi connectivity index (χ3n) is 3.71. The molecule has 3 atom stereocenters. The highest BCUT2D eigenvalue weighted by atomic mass is 32.2. The summed E-state index contributed by atoms with van der Waals surface area (Å²) in [7, 11) is -3.45. The van der Waals surface area contributed by atoms with Crippen molar-refractivity contribution in [2.75, 3.05) is 45.9 Å². The van der Waals surface area contributed by atoms with E-state index in [-0.39, 0.29) is 18.2 Å². The number of morpholine rings is 2. The van der Waals surface area contributed by atoms with Crippen LogP contribution in [0.3, 0.4) is 0 Å². The second kappa shape index (κ2) is 7.34. The molecule has 8 heteroatoms. The van der Waals surface area contributed by atoms with E-state index in [9.17, 15) is 8.42 Å². The third kappa shape index (κ3) is 5.15. The molecule has 2 aliphatic heterocycles. The average molecular weight is 321 g/mol. The van der Waals surface area contributed by atoms with E-state index in [1.807, 2.05) is 20.8 Å². The second-order valence-electron chi connectivity index (χ2n) is 6.01. The Bertz CT molecular complexity index is 415. The minimum atomic E-state index is -3.45. The van der Waals surface area contributed by atoms with E-state index in [1.54, 1.807) is 0 Å². The van der Waals surface area contributed by atoms with Gasteiger partial charge < -0.3 is 9.47 Å². The number of nitrogens with one attached hydrogen (secondary N) is 1. The van der Waals surface area contributed by atoms with Crippen molar-refractivity contribution < 1.29 is 17.9 Å². The van der Waals surface area contributed by atoms with Crippen molar-refractivity contribution in [1.82, 2.24) is 13.9 Å². The van der Waals surface area contributed by atoms with Crippen molar-refractivity contribution in [3.8, 4) is 0 Å². The van der Waals surface area contributed by atoms with E-state index in [0.717, 1.165) is 26.3 Å². The molecule has 0 aromatic rings. The number of hydrogen-bond donors (Lipinski definition) is 1. The van der Waals surface area contributed by atoms with Crippen LogP contribution in [-0.4, -0.2) is 81.8 Å². The Morgan fingerprint density at radius 3 is 2.33 bits per heavy atom. The van der Waals surface area contributed by atoms with E-state index in [0.29, 0.717) is 19.6 Å². The Hall–Kier alpha value is -0.250. The molecule has 2 fully saturated rings. The maximum Gasteiger partial charge on any atom is 0.279 e. The molecule has 0 aromatic carbocycles. The summed E-state index contributed by atoms with van der Waals surface area (Å²) in [5.74, 6) is 0. The molecule has 21 heavy (non-hydrogen) atoms. The van der Waals surface area contributed by atoms with Crippen molar-refractivity contribution in [2.24, 2.45) is 0 Å². The van der Waals surface area contributed by atoms with Gasteiger partial charge in [0.15, 0.2) is 0 Å². The summed E-state index contributed by atoms with van der Waals surface area (Å²) >= 11 is 0. The lowest BCUT2D eigenvalue weighted by atomic mass is 10.3. The Morgan fingerprint density at radius 2 is 1.76 bits per heavy atom. The van der Waals surface area contributed by atoms with Crippen LogP contribution in [0.2, 0.25) is 0 Å². The summed E-state index contributed by atoms with van der Waals surface area (Å²) in [6.07, 6.45) is -0.139. The lowest BCUT2D eigenvalue weighted by molar-refractivity contribution is -0.0445. The summed E-state index contributed by atoms with van der Waals surface area (Å²) in [5, 5.41) is 0. The highest BCUT2D eigenvalue weighted by Gasteiger charge is 2.32. The molecule has 2 aliphatic rings. The lowest BCUT2D eigenvalue weighted by Crippen LogP contribution is -2.55. The largest absolute Gasteiger partial charge is 0.379 e. The van der Waals surface area contributed by atoms with Gasteiger partial charge in [0, 0.05) is 38.8 Å². The van der Waals surface area contributed by atoms with Gasteiger partial charge in [0.05, 0.1) is 25.4 Å². The molecule has 2 saturated heterocycles. The van der Waals surface area contributed by atoms with Crippen LogP contribution in [0, 0.1) is 0 Å². The first-order chi connectivity index (χ1) is 9.87. The summed E-state index contributed by atoms with van der Waals surface area (Å²) in [4.78, 5) is 2.22. The quantitative estimate of drug-likeness (QED) is 0.749. The molecule has 0 unspecified atom stereocenters. The van der Waals surface area contributed by atoms with E-state index >= 15 is 0 Å². The second-order valence-corrected chi connectivity index (χ2v) is 7.71. The van der Waals surface area contributed by atoms with Gasteiger partial charge in [-0.2, -0.15) is 17.4 Å². The van der Waals surface area contributed by atoms with Gasteiger partial charge in [0.25, 0.3) is 10.2 Å². The van der Waals surface area contributed by atoms with Gasteiger partial charge in [-0.15, -0.1) is 0 Å². The lowest BCUT2D eigenvalue weighted by Gasteiger charge is -2.35. The summed E-state index contributed by atoms with van der Waals surface area (Å²) in [6.45, 7) is 10.4. The summed E-state index contributed by atoms with van der Waals surface area (Å²) < 4.78 is 40.0. The molecule has 1 N–H and O–H groups in total. The topological polar surface area (TPSA) is 71.1 Å².